The van der Waals surface area contributed by atoms with E-state index < -0.39 is 0 Å². The first kappa shape index (κ1) is 21.2. The van der Waals surface area contributed by atoms with Gasteiger partial charge in [-0.2, -0.15) is 0 Å². The maximum Gasteiger partial charge on any atom is 0.293 e. The van der Waals surface area contributed by atoms with Crippen LogP contribution >= 0.6 is 15.9 Å². The van der Waals surface area contributed by atoms with Crippen molar-refractivity contribution in [2.75, 3.05) is 36.5 Å². The van der Waals surface area contributed by atoms with Crippen LogP contribution in [0.1, 0.15) is 27.3 Å². The normalized spacial score (nSPS) is 15.7. The molecule has 1 aliphatic heterocycles. The SMILES string of the molecule is CN(C(=O)c1ccc(Br)o1)c1ccccc1C(=O)NCC1CCN(c2ccccc2)C1. The molecular formula is C24H24BrN3O3. The van der Waals surface area contributed by atoms with Gasteiger partial charge in [-0.15, -0.1) is 0 Å². The Morgan fingerprint density at radius 3 is 2.58 bits per heavy atom. The zero-order valence-electron chi connectivity index (χ0n) is 17.3. The second-order valence-corrected chi connectivity index (χ2v) is 8.41. The first-order valence-electron chi connectivity index (χ1n) is 10.2. The molecule has 0 aliphatic carbocycles. The van der Waals surface area contributed by atoms with Gasteiger partial charge in [0.2, 0.25) is 0 Å². The van der Waals surface area contributed by atoms with E-state index in [1.165, 1.54) is 10.6 Å². The first-order chi connectivity index (χ1) is 15.0. The number of furan rings is 1. The summed E-state index contributed by atoms with van der Waals surface area (Å²) in [6.07, 6.45) is 1.03. The van der Waals surface area contributed by atoms with E-state index in [-0.39, 0.29) is 17.6 Å². The molecule has 2 amide bonds. The van der Waals surface area contributed by atoms with Crippen molar-refractivity contribution in [3.05, 3.63) is 82.7 Å². The molecule has 1 aromatic heterocycles. The lowest BCUT2D eigenvalue weighted by molar-refractivity contribution is 0.0948. The number of carbonyl (C=O) groups excluding carboxylic acids is 2. The maximum absolute atomic E-state index is 12.9. The molecule has 3 aromatic rings. The van der Waals surface area contributed by atoms with Gasteiger partial charge in [0.25, 0.3) is 11.8 Å². The summed E-state index contributed by atoms with van der Waals surface area (Å²) in [5, 5.41) is 3.06. The third-order valence-corrected chi connectivity index (χ3v) is 5.98. The van der Waals surface area contributed by atoms with Gasteiger partial charge in [-0.25, -0.2) is 0 Å². The Bertz CT molecular complexity index is 1070. The summed E-state index contributed by atoms with van der Waals surface area (Å²) in [7, 11) is 1.64. The predicted octanol–water partition coefficient (Wildman–Crippen LogP) is 4.58. The summed E-state index contributed by atoms with van der Waals surface area (Å²) >= 11 is 3.21. The number of hydrogen-bond acceptors (Lipinski definition) is 4. The smallest absolute Gasteiger partial charge is 0.293 e. The molecular weight excluding hydrogens is 458 g/mol. The largest absolute Gasteiger partial charge is 0.444 e. The number of halogens is 1. The Morgan fingerprint density at radius 1 is 1.10 bits per heavy atom. The molecule has 7 heteroatoms. The molecule has 1 atom stereocenters. The van der Waals surface area contributed by atoms with Crippen LogP contribution in [0.2, 0.25) is 0 Å². The van der Waals surface area contributed by atoms with Crippen LogP contribution in [0.4, 0.5) is 11.4 Å². The Hall–Kier alpha value is -3.06. The molecule has 0 saturated carbocycles. The molecule has 160 valence electrons. The number of para-hydroxylation sites is 2. The van der Waals surface area contributed by atoms with Crippen molar-refractivity contribution in [2.24, 2.45) is 5.92 Å². The lowest BCUT2D eigenvalue weighted by Gasteiger charge is -2.20. The van der Waals surface area contributed by atoms with Crippen LogP contribution in [0.5, 0.6) is 0 Å². The number of rotatable bonds is 6. The summed E-state index contributed by atoms with van der Waals surface area (Å²) in [5.41, 5.74) is 2.21. The second kappa shape index (κ2) is 9.39. The van der Waals surface area contributed by atoms with Crippen molar-refractivity contribution in [3.63, 3.8) is 0 Å². The van der Waals surface area contributed by atoms with Crippen LogP contribution in [-0.4, -0.2) is 38.5 Å². The van der Waals surface area contributed by atoms with Crippen LogP contribution < -0.4 is 15.1 Å². The summed E-state index contributed by atoms with van der Waals surface area (Å²) in [6, 6.07) is 20.7. The van der Waals surface area contributed by atoms with Gasteiger partial charge in [0, 0.05) is 32.4 Å². The zero-order chi connectivity index (χ0) is 21.8. The summed E-state index contributed by atoms with van der Waals surface area (Å²) in [6.45, 7) is 2.49. The highest BCUT2D eigenvalue weighted by molar-refractivity contribution is 9.10. The number of hydrogen-bond donors (Lipinski definition) is 1. The van der Waals surface area contributed by atoms with E-state index in [0.717, 1.165) is 19.5 Å². The van der Waals surface area contributed by atoms with Gasteiger partial charge in [0.15, 0.2) is 10.4 Å². The molecule has 31 heavy (non-hydrogen) atoms. The van der Waals surface area contributed by atoms with Crippen LogP contribution in [-0.2, 0) is 0 Å². The van der Waals surface area contributed by atoms with Gasteiger partial charge in [-0.05, 0) is 64.7 Å². The zero-order valence-corrected chi connectivity index (χ0v) is 18.8. The lowest BCUT2D eigenvalue weighted by atomic mass is 10.1. The fourth-order valence-corrected chi connectivity index (χ4v) is 4.17. The van der Waals surface area contributed by atoms with Crippen molar-refractivity contribution in [2.45, 2.75) is 6.42 Å². The minimum atomic E-state index is -0.319. The third kappa shape index (κ3) is 4.82. The van der Waals surface area contributed by atoms with Gasteiger partial charge in [0.05, 0.1) is 11.3 Å². The predicted molar refractivity (Wildman–Crippen MR) is 125 cm³/mol. The van der Waals surface area contributed by atoms with Gasteiger partial charge < -0.3 is 19.5 Å². The van der Waals surface area contributed by atoms with Crippen LogP contribution in [0.3, 0.4) is 0 Å². The molecule has 2 heterocycles. The number of nitrogens with one attached hydrogen (secondary N) is 1. The third-order valence-electron chi connectivity index (χ3n) is 5.56. The Labute approximate surface area is 190 Å². The summed E-state index contributed by atoms with van der Waals surface area (Å²) in [5.74, 6) is 0.0852. The van der Waals surface area contributed by atoms with Gasteiger partial charge >= 0.3 is 0 Å². The second-order valence-electron chi connectivity index (χ2n) is 7.63. The van der Waals surface area contributed by atoms with E-state index in [2.05, 4.69) is 38.3 Å². The van der Waals surface area contributed by atoms with E-state index in [4.69, 9.17) is 4.42 Å². The monoisotopic (exact) mass is 481 g/mol. The van der Waals surface area contributed by atoms with Crippen molar-refractivity contribution in [1.82, 2.24) is 5.32 Å². The molecule has 0 bridgehead atoms. The van der Waals surface area contributed by atoms with Crippen LogP contribution in [0.25, 0.3) is 0 Å². The topological polar surface area (TPSA) is 65.8 Å². The molecule has 1 unspecified atom stereocenters. The molecule has 1 aliphatic rings. The molecule has 0 radical (unpaired) electrons. The number of carbonyl (C=O) groups is 2. The van der Waals surface area contributed by atoms with E-state index in [1.54, 1.807) is 37.4 Å². The highest BCUT2D eigenvalue weighted by Gasteiger charge is 2.25. The minimum Gasteiger partial charge on any atom is -0.444 e. The lowest BCUT2D eigenvalue weighted by Crippen LogP contribution is -2.33. The number of benzene rings is 2. The number of nitrogens with zero attached hydrogens (tertiary/aromatic N) is 2. The molecule has 6 nitrogen and oxygen atoms in total. The van der Waals surface area contributed by atoms with E-state index in [0.29, 0.717) is 28.4 Å². The fourth-order valence-electron chi connectivity index (χ4n) is 3.87. The molecule has 2 aromatic carbocycles. The molecule has 0 spiro atoms. The Kier molecular flexibility index (Phi) is 6.42. The summed E-state index contributed by atoms with van der Waals surface area (Å²) < 4.78 is 5.85. The quantitative estimate of drug-likeness (QED) is 0.559. The van der Waals surface area contributed by atoms with Crippen molar-refractivity contribution < 1.29 is 14.0 Å². The average Bonchev–Trinajstić information content (AvgIpc) is 3.46. The van der Waals surface area contributed by atoms with Crippen LogP contribution in [0.15, 0.2) is 75.8 Å². The molecule has 1 saturated heterocycles. The van der Waals surface area contributed by atoms with Gasteiger partial charge in [0.1, 0.15) is 0 Å². The van der Waals surface area contributed by atoms with Crippen molar-refractivity contribution in [1.29, 1.82) is 0 Å². The highest BCUT2D eigenvalue weighted by atomic mass is 79.9. The Balaban J connectivity index is 1.40. The molecule has 4 rings (SSSR count). The van der Waals surface area contributed by atoms with E-state index in [1.807, 2.05) is 24.3 Å². The maximum atomic E-state index is 12.9. The van der Waals surface area contributed by atoms with E-state index >= 15 is 0 Å². The molecule has 1 N–H and O–H groups in total. The van der Waals surface area contributed by atoms with Crippen LogP contribution in [0, 0.1) is 5.92 Å². The van der Waals surface area contributed by atoms with Gasteiger partial charge in [-0.3, -0.25) is 9.59 Å². The standard InChI is InChI=1S/C24H24BrN3O3/c1-27(24(30)21-11-12-22(25)31-21)20-10-6-5-9-19(20)23(29)26-15-17-13-14-28(16-17)18-7-3-2-4-8-18/h2-12,17H,13-16H2,1H3,(H,26,29). The highest BCUT2D eigenvalue weighted by Crippen LogP contribution is 2.25. The van der Waals surface area contributed by atoms with E-state index in [9.17, 15) is 9.59 Å². The summed E-state index contributed by atoms with van der Waals surface area (Å²) in [4.78, 5) is 29.5. The number of amides is 2. The number of anilines is 2. The fraction of sp³-hybridized carbons (Fsp3) is 0.250. The minimum absolute atomic E-state index is 0.186. The Morgan fingerprint density at radius 2 is 1.84 bits per heavy atom. The average molecular weight is 482 g/mol. The molecule has 1 fully saturated rings. The first-order valence-corrected chi connectivity index (χ1v) is 11.0. The van der Waals surface area contributed by atoms with Crippen molar-refractivity contribution >= 4 is 39.1 Å². The van der Waals surface area contributed by atoms with Crippen molar-refractivity contribution in [3.8, 4) is 0 Å². The van der Waals surface area contributed by atoms with Gasteiger partial charge in [-0.1, -0.05) is 30.3 Å².